The van der Waals surface area contributed by atoms with Crippen molar-refractivity contribution in [2.75, 3.05) is 31.8 Å². The topological polar surface area (TPSA) is 76.1 Å². The molecular weight excluding hydrogens is 448 g/mol. The predicted octanol–water partition coefficient (Wildman–Crippen LogP) is 3.14. The summed E-state index contributed by atoms with van der Waals surface area (Å²) in [6, 6.07) is -0.347. The van der Waals surface area contributed by atoms with Crippen molar-refractivity contribution in [1.29, 1.82) is 0 Å². The summed E-state index contributed by atoms with van der Waals surface area (Å²) in [5.74, 6) is 1.88. The molecule has 0 bridgehead atoms. The zero-order valence-electron chi connectivity index (χ0n) is 22.6. The summed E-state index contributed by atoms with van der Waals surface area (Å²) in [5, 5.41) is 14.4. The van der Waals surface area contributed by atoms with E-state index in [0.717, 1.165) is 44.0 Å². The summed E-state index contributed by atoms with van der Waals surface area (Å²) in [6.07, 6.45) is 4.35. The summed E-state index contributed by atoms with van der Waals surface area (Å²) in [5.41, 5.74) is 0.685. The van der Waals surface area contributed by atoms with Gasteiger partial charge in [0.05, 0.1) is 18.0 Å². The Kier molecular flexibility index (Phi) is 11.4. The van der Waals surface area contributed by atoms with Crippen molar-refractivity contribution in [2.24, 2.45) is 11.8 Å². The number of hydrogen-bond donors (Lipinski definition) is 2. The minimum absolute atomic E-state index is 0.00657. The standard InChI is InChI=1S/C26H48N4O3S/c1-17(2)22(15-20(7)25(32)29-13-14-34-16-29)28(8)26(33)23(18(3)4)27-24(31)21-11-9-10-12-30(21)19(5)6/h15,17-19,21-24,27,31H,9-14,16H2,1-8H3/b20-15+/t21?,22-,23?,24?/m1/s1. The molecule has 0 aliphatic carbocycles. The Hall–Kier alpha value is -1.09. The van der Waals surface area contributed by atoms with Crippen LogP contribution in [0, 0.1) is 11.8 Å². The molecule has 3 unspecified atom stereocenters. The minimum atomic E-state index is -0.767. The third-order valence-corrected chi connectivity index (χ3v) is 8.14. The predicted molar refractivity (Wildman–Crippen MR) is 141 cm³/mol. The Morgan fingerprint density at radius 3 is 2.29 bits per heavy atom. The number of aliphatic hydroxyl groups is 1. The van der Waals surface area contributed by atoms with Gasteiger partial charge in [0.1, 0.15) is 6.23 Å². The maximum atomic E-state index is 13.7. The fourth-order valence-corrected chi connectivity index (χ4v) is 6.02. The van der Waals surface area contributed by atoms with Crippen LogP contribution in [-0.2, 0) is 9.59 Å². The molecule has 2 heterocycles. The summed E-state index contributed by atoms with van der Waals surface area (Å²) < 4.78 is 0. The van der Waals surface area contributed by atoms with Gasteiger partial charge in [0, 0.05) is 37.0 Å². The molecular formula is C26H48N4O3S. The summed E-state index contributed by atoms with van der Waals surface area (Å²) in [7, 11) is 1.82. The van der Waals surface area contributed by atoms with Gasteiger partial charge in [-0.25, -0.2) is 0 Å². The van der Waals surface area contributed by atoms with Crippen molar-refractivity contribution in [3.05, 3.63) is 11.6 Å². The quantitative estimate of drug-likeness (QED) is 0.357. The first-order valence-corrected chi connectivity index (χ1v) is 14.1. The third-order valence-electron chi connectivity index (χ3n) is 7.18. The van der Waals surface area contributed by atoms with E-state index in [4.69, 9.17) is 0 Å². The molecule has 196 valence electrons. The molecule has 2 aliphatic heterocycles. The van der Waals surface area contributed by atoms with Crippen molar-refractivity contribution in [1.82, 2.24) is 20.0 Å². The average Bonchev–Trinajstić information content (AvgIpc) is 3.33. The Balaban J connectivity index is 2.16. The fraction of sp³-hybridized carbons (Fsp3) is 0.846. The van der Waals surface area contributed by atoms with Crippen LogP contribution in [0.4, 0.5) is 0 Å². The van der Waals surface area contributed by atoms with Crippen molar-refractivity contribution < 1.29 is 14.7 Å². The molecule has 0 aromatic carbocycles. The van der Waals surface area contributed by atoms with Crippen LogP contribution in [0.2, 0.25) is 0 Å². The van der Waals surface area contributed by atoms with Crippen LogP contribution in [0.1, 0.15) is 67.7 Å². The second-order valence-electron chi connectivity index (χ2n) is 10.9. The Morgan fingerprint density at radius 1 is 1.09 bits per heavy atom. The number of nitrogens with one attached hydrogen (secondary N) is 1. The molecule has 0 saturated carbocycles. The number of carbonyl (C=O) groups excluding carboxylic acids is 2. The number of amides is 2. The van der Waals surface area contributed by atoms with Gasteiger partial charge in [0.15, 0.2) is 0 Å². The number of piperidine rings is 1. The highest BCUT2D eigenvalue weighted by Crippen LogP contribution is 2.23. The normalized spacial score (nSPS) is 23.0. The zero-order chi connectivity index (χ0) is 25.6. The SMILES string of the molecule is C/C(=C\[C@H](C(C)C)N(C)C(=O)C(NC(O)C1CCCCN1C(C)C)C(C)C)C(=O)N1CCSC1. The molecule has 7 nitrogen and oxygen atoms in total. The first-order chi connectivity index (χ1) is 16.0. The van der Waals surface area contributed by atoms with Crippen LogP contribution >= 0.6 is 11.8 Å². The Labute approximate surface area is 211 Å². The van der Waals surface area contributed by atoms with Crippen molar-refractivity contribution in [2.45, 2.75) is 98.1 Å². The van der Waals surface area contributed by atoms with E-state index in [9.17, 15) is 14.7 Å². The number of likely N-dealkylation sites (tertiary alicyclic amines) is 1. The van der Waals surface area contributed by atoms with Gasteiger partial charge < -0.3 is 14.9 Å². The van der Waals surface area contributed by atoms with Crippen LogP contribution < -0.4 is 5.32 Å². The maximum absolute atomic E-state index is 13.7. The van der Waals surface area contributed by atoms with Crippen LogP contribution in [0.3, 0.4) is 0 Å². The number of thioether (sulfide) groups is 1. The smallest absolute Gasteiger partial charge is 0.249 e. The van der Waals surface area contributed by atoms with Gasteiger partial charge in [-0.15, -0.1) is 11.8 Å². The third kappa shape index (κ3) is 7.45. The zero-order valence-corrected chi connectivity index (χ0v) is 23.4. The molecule has 2 aliphatic rings. The van der Waals surface area contributed by atoms with E-state index < -0.39 is 12.3 Å². The van der Waals surface area contributed by atoms with Gasteiger partial charge in [-0.2, -0.15) is 0 Å². The molecule has 34 heavy (non-hydrogen) atoms. The summed E-state index contributed by atoms with van der Waals surface area (Å²) in [6.45, 7) is 16.1. The number of nitrogens with zero attached hydrogens (tertiary/aromatic N) is 3. The van der Waals surface area contributed by atoms with E-state index in [1.165, 1.54) is 0 Å². The average molecular weight is 497 g/mol. The molecule has 2 rings (SSSR count). The van der Waals surface area contributed by atoms with Crippen molar-refractivity contribution in [3.63, 3.8) is 0 Å². The van der Waals surface area contributed by atoms with Crippen LogP contribution in [0.25, 0.3) is 0 Å². The van der Waals surface area contributed by atoms with Crippen molar-refractivity contribution in [3.8, 4) is 0 Å². The van der Waals surface area contributed by atoms with E-state index in [1.807, 2.05) is 38.8 Å². The minimum Gasteiger partial charge on any atom is -0.377 e. The second-order valence-corrected chi connectivity index (χ2v) is 11.9. The first-order valence-electron chi connectivity index (χ1n) is 13.0. The number of hydrogen-bond acceptors (Lipinski definition) is 6. The van der Waals surface area contributed by atoms with E-state index >= 15 is 0 Å². The fourth-order valence-electron chi connectivity index (χ4n) is 5.07. The molecule has 0 radical (unpaired) electrons. The Bertz CT molecular complexity index is 706. The number of likely N-dealkylation sites (N-methyl/N-ethyl adjacent to an activating group) is 1. The highest BCUT2D eigenvalue weighted by molar-refractivity contribution is 7.99. The number of aliphatic hydroxyl groups excluding tert-OH is 1. The molecule has 2 saturated heterocycles. The lowest BCUT2D eigenvalue weighted by Gasteiger charge is -2.43. The highest BCUT2D eigenvalue weighted by Gasteiger charge is 2.36. The maximum Gasteiger partial charge on any atom is 0.249 e. The van der Waals surface area contributed by atoms with Crippen LogP contribution in [0.15, 0.2) is 11.6 Å². The molecule has 2 fully saturated rings. The molecule has 0 aromatic heterocycles. The van der Waals surface area contributed by atoms with Gasteiger partial charge in [-0.1, -0.05) is 40.2 Å². The largest absolute Gasteiger partial charge is 0.377 e. The Morgan fingerprint density at radius 2 is 1.76 bits per heavy atom. The lowest BCUT2D eigenvalue weighted by Crippen LogP contribution is -2.60. The van der Waals surface area contributed by atoms with Crippen molar-refractivity contribution >= 4 is 23.6 Å². The molecule has 2 amide bonds. The summed E-state index contributed by atoms with van der Waals surface area (Å²) in [4.78, 5) is 32.5. The highest BCUT2D eigenvalue weighted by atomic mass is 32.2. The van der Waals surface area contributed by atoms with E-state index in [1.54, 1.807) is 16.7 Å². The molecule has 8 heteroatoms. The molecule has 4 atom stereocenters. The van der Waals surface area contributed by atoms with Gasteiger partial charge >= 0.3 is 0 Å². The van der Waals surface area contributed by atoms with Gasteiger partial charge in [-0.05, 0) is 52.0 Å². The molecule has 0 aromatic rings. The van der Waals surface area contributed by atoms with Crippen LogP contribution in [-0.4, -0.2) is 93.8 Å². The first kappa shape index (κ1) is 29.1. The molecule has 0 spiro atoms. The lowest BCUT2D eigenvalue weighted by molar-refractivity contribution is -0.137. The van der Waals surface area contributed by atoms with Crippen LogP contribution in [0.5, 0.6) is 0 Å². The number of carbonyl (C=O) groups is 2. The number of rotatable bonds is 10. The van der Waals surface area contributed by atoms with Gasteiger partial charge in [0.2, 0.25) is 11.8 Å². The summed E-state index contributed by atoms with van der Waals surface area (Å²) >= 11 is 1.77. The van der Waals surface area contributed by atoms with Gasteiger partial charge in [-0.3, -0.25) is 19.8 Å². The van der Waals surface area contributed by atoms with E-state index in [2.05, 4.69) is 37.9 Å². The monoisotopic (exact) mass is 496 g/mol. The van der Waals surface area contributed by atoms with E-state index in [-0.39, 0.29) is 35.7 Å². The molecule has 2 N–H and O–H groups in total. The van der Waals surface area contributed by atoms with Gasteiger partial charge in [0.25, 0.3) is 0 Å². The second kappa shape index (κ2) is 13.3. The lowest BCUT2D eigenvalue weighted by atomic mass is 9.95. The van der Waals surface area contributed by atoms with E-state index in [0.29, 0.717) is 11.6 Å².